The number of rotatable bonds is 3. The molecule has 1 aromatic heterocycles. The van der Waals surface area contributed by atoms with Gasteiger partial charge < -0.3 is 4.90 Å². The van der Waals surface area contributed by atoms with Crippen LogP contribution < -0.4 is 5.56 Å². The summed E-state index contributed by atoms with van der Waals surface area (Å²) in [5, 5.41) is 0. The number of aryl methyl sites for hydroxylation is 1. The molecule has 1 amide bonds. The second-order valence-electron chi connectivity index (χ2n) is 8.90. The first kappa shape index (κ1) is 19.6. The van der Waals surface area contributed by atoms with Crippen LogP contribution in [0.15, 0.2) is 10.9 Å². The number of carbonyl (C=O) groups excluding carboxylic acids is 1. The van der Waals surface area contributed by atoms with Crippen LogP contribution in [-0.4, -0.2) is 57.5 Å². The van der Waals surface area contributed by atoms with Crippen LogP contribution in [-0.2, 0) is 17.8 Å². The topological polar surface area (TPSA) is 58.4 Å². The van der Waals surface area contributed by atoms with Crippen molar-refractivity contribution in [2.45, 2.75) is 83.2 Å². The Labute approximate surface area is 167 Å². The van der Waals surface area contributed by atoms with E-state index in [1.54, 1.807) is 6.07 Å². The van der Waals surface area contributed by atoms with Gasteiger partial charge in [-0.15, -0.1) is 0 Å². The van der Waals surface area contributed by atoms with Gasteiger partial charge in [0.05, 0.1) is 12.2 Å². The summed E-state index contributed by atoms with van der Waals surface area (Å²) in [5.41, 5.74) is 1.05. The number of fused-ring (bicyclic) bond motifs is 1. The first-order valence-electron chi connectivity index (χ1n) is 11.2. The van der Waals surface area contributed by atoms with E-state index in [0.29, 0.717) is 12.6 Å². The fourth-order valence-corrected chi connectivity index (χ4v) is 5.13. The molecule has 4 heterocycles. The van der Waals surface area contributed by atoms with Crippen molar-refractivity contribution in [1.82, 2.24) is 19.4 Å². The lowest BCUT2D eigenvalue weighted by Crippen LogP contribution is -2.48. The number of likely N-dealkylation sites (tertiary alicyclic amines) is 2. The normalized spacial score (nSPS) is 26.5. The molecule has 0 saturated carbocycles. The number of amides is 1. The SMILES string of the molecule is C[C@@H]1CCCCN1C(=O)CN1CCC[C@@H](c2cc(=O)n3c(n2)CCCCC3)C1. The van der Waals surface area contributed by atoms with Crippen molar-refractivity contribution in [3.05, 3.63) is 27.9 Å². The first-order valence-corrected chi connectivity index (χ1v) is 11.2. The molecule has 154 valence electrons. The van der Waals surface area contributed by atoms with E-state index in [-0.39, 0.29) is 17.4 Å². The molecule has 6 nitrogen and oxygen atoms in total. The standard InChI is InChI=1S/C22H34N4O2/c1-17-8-4-6-12-25(17)22(28)16-24-11-7-9-18(15-24)19-14-21(27)26-13-5-2-3-10-20(26)23-19/h14,17-18H,2-13,15-16H2,1H3/t17-,18-/m1/s1. The highest BCUT2D eigenvalue weighted by Crippen LogP contribution is 2.26. The van der Waals surface area contributed by atoms with Gasteiger partial charge in [0, 0.05) is 44.1 Å². The summed E-state index contributed by atoms with van der Waals surface area (Å²) in [6.07, 6.45) is 9.87. The Balaban J connectivity index is 1.44. The van der Waals surface area contributed by atoms with Crippen molar-refractivity contribution in [3.63, 3.8) is 0 Å². The molecule has 28 heavy (non-hydrogen) atoms. The van der Waals surface area contributed by atoms with Gasteiger partial charge in [-0.05, 0) is 58.4 Å². The van der Waals surface area contributed by atoms with Crippen LogP contribution >= 0.6 is 0 Å². The predicted octanol–water partition coefficient (Wildman–Crippen LogP) is 2.55. The molecule has 0 aliphatic carbocycles. The van der Waals surface area contributed by atoms with Gasteiger partial charge in [-0.2, -0.15) is 0 Å². The van der Waals surface area contributed by atoms with Gasteiger partial charge in [0.15, 0.2) is 0 Å². The van der Waals surface area contributed by atoms with Crippen molar-refractivity contribution in [1.29, 1.82) is 0 Å². The summed E-state index contributed by atoms with van der Waals surface area (Å²) in [6.45, 7) is 6.19. The molecule has 1 aromatic rings. The third-order valence-electron chi connectivity index (χ3n) is 6.80. The minimum Gasteiger partial charge on any atom is -0.339 e. The summed E-state index contributed by atoms with van der Waals surface area (Å²) in [7, 11) is 0. The van der Waals surface area contributed by atoms with Gasteiger partial charge in [-0.25, -0.2) is 4.98 Å². The third-order valence-corrected chi connectivity index (χ3v) is 6.80. The van der Waals surface area contributed by atoms with E-state index < -0.39 is 0 Å². The molecular weight excluding hydrogens is 352 g/mol. The van der Waals surface area contributed by atoms with Crippen LogP contribution in [0.1, 0.15) is 75.7 Å². The van der Waals surface area contributed by atoms with E-state index in [1.807, 2.05) is 4.57 Å². The second-order valence-corrected chi connectivity index (χ2v) is 8.90. The quantitative estimate of drug-likeness (QED) is 0.801. The fourth-order valence-electron chi connectivity index (χ4n) is 5.13. The molecule has 0 bridgehead atoms. The van der Waals surface area contributed by atoms with Crippen LogP contribution in [0.5, 0.6) is 0 Å². The third kappa shape index (κ3) is 4.32. The average molecular weight is 387 g/mol. The summed E-state index contributed by atoms with van der Waals surface area (Å²) < 4.78 is 1.87. The van der Waals surface area contributed by atoms with E-state index >= 15 is 0 Å². The summed E-state index contributed by atoms with van der Waals surface area (Å²) in [4.78, 5) is 34.7. The van der Waals surface area contributed by atoms with E-state index in [0.717, 1.165) is 82.6 Å². The van der Waals surface area contributed by atoms with E-state index in [4.69, 9.17) is 4.98 Å². The lowest BCUT2D eigenvalue weighted by atomic mass is 9.94. The van der Waals surface area contributed by atoms with Crippen LogP contribution in [0.4, 0.5) is 0 Å². The number of piperidine rings is 2. The highest BCUT2D eigenvalue weighted by atomic mass is 16.2. The minimum absolute atomic E-state index is 0.109. The molecule has 2 fully saturated rings. The lowest BCUT2D eigenvalue weighted by Gasteiger charge is -2.37. The Morgan fingerprint density at radius 1 is 1.07 bits per heavy atom. The highest BCUT2D eigenvalue weighted by Gasteiger charge is 2.28. The van der Waals surface area contributed by atoms with Crippen LogP contribution in [0.25, 0.3) is 0 Å². The number of aromatic nitrogens is 2. The van der Waals surface area contributed by atoms with Crippen molar-refractivity contribution in [2.24, 2.45) is 0 Å². The monoisotopic (exact) mass is 386 g/mol. The van der Waals surface area contributed by atoms with Crippen molar-refractivity contribution < 1.29 is 4.79 Å². The molecule has 3 aliphatic rings. The maximum Gasteiger partial charge on any atom is 0.253 e. The summed E-state index contributed by atoms with van der Waals surface area (Å²) >= 11 is 0. The number of hydrogen-bond acceptors (Lipinski definition) is 4. The van der Waals surface area contributed by atoms with E-state index in [1.165, 1.54) is 12.8 Å². The minimum atomic E-state index is 0.109. The van der Waals surface area contributed by atoms with E-state index in [2.05, 4.69) is 16.7 Å². The number of nitrogens with zero attached hydrogens (tertiary/aromatic N) is 4. The van der Waals surface area contributed by atoms with Gasteiger partial charge in [-0.3, -0.25) is 19.1 Å². The van der Waals surface area contributed by atoms with Crippen LogP contribution in [0, 0.1) is 0 Å². The Morgan fingerprint density at radius 2 is 1.93 bits per heavy atom. The van der Waals surface area contributed by atoms with Crippen molar-refractivity contribution in [2.75, 3.05) is 26.2 Å². The molecule has 0 N–H and O–H groups in total. The maximum absolute atomic E-state index is 12.8. The molecule has 0 unspecified atom stereocenters. The van der Waals surface area contributed by atoms with Gasteiger partial charge in [0.25, 0.3) is 5.56 Å². The Hall–Kier alpha value is -1.69. The van der Waals surface area contributed by atoms with Crippen LogP contribution in [0.3, 0.4) is 0 Å². The van der Waals surface area contributed by atoms with E-state index in [9.17, 15) is 9.59 Å². The molecule has 0 radical (unpaired) electrons. The molecule has 0 spiro atoms. The van der Waals surface area contributed by atoms with Gasteiger partial charge in [0.2, 0.25) is 5.91 Å². The van der Waals surface area contributed by atoms with Crippen molar-refractivity contribution in [3.8, 4) is 0 Å². The van der Waals surface area contributed by atoms with Crippen molar-refractivity contribution >= 4 is 5.91 Å². The Morgan fingerprint density at radius 3 is 2.79 bits per heavy atom. The Kier molecular flexibility index (Phi) is 6.14. The number of hydrogen-bond donors (Lipinski definition) is 0. The predicted molar refractivity (Wildman–Crippen MR) is 109 cm³/mol. The zero-order valence-electron chi connectivity index (χ0n) is 17.2. The average Bonchev–Trinajstić information content (AvgIpc) is 2.94. The molecule has 2 atom stereocenters. The highest BCUT2D eigenvalue weighted by molar-refractivity contribution is 5.78. The van der Waals surface area contributed by atoms with Gasteiger partial charge >= 0.3 is 0 Å². The maximum atomic E-state index is 12.8. The zero-order chi connectivity index (χ0) is 19.5. The number of carbonyl (C=O) groups is 1. The molecule has 4 rings (SSSR count). The Bertz CT molecular complexity index is 759. The lowest BCUT2D eigenvalue weighted by molar-refractivity contribution is -0.136. The summed E-state index contributed by atoms with van der Waals surface area (Å²) in [5.74, 6) is 1.50. The molecule has 2 saturated heterocycles. The van der Waals surface area contributed by atoms with Crippen LogP contribution in [0.2, 0.25) is 0 Å². The molecule has 0 aromatic carbocycles. The molecule has 6 heteroatoms. The van der Waals surface area contributed by atoms with Gasteiger partial charge in [0.1, 0.15) is 5.82 Å². The first-order chi connectivity index (χ1) is 13.6. The zero-order valence-corrected chi connectivity index (χ0v) is 17.2. The smallest absolute Gasteiger partial charge is 0.253 e. The molecule has 3 aliphatic heterocycles. The largest absolute Gasteiger partial charge is 0.339 e. The second kappa shape index (κ2) is 8.76. The summed E-state index contributed by atoms with van der Waals surface area (Å²) in [6, 6.07) is 2.13. The van der Waals surface area contributed by atoms with Gasteiger partial charge in [-0.1, -0.05) is 6.42 Å². The molecular formula is C22H34N4O2. The fraction of sp³-hybridized carbons (Fsp3) is 0.773.